The van der Waals surface area contributed by atoms with E-state index in [1.54, 1.807) is 4.68 Å². The summed E-state index contributed by atoms with van der Waals surface area (Å²) in [5.74, 6) is 0.667. The van der Waals surface area contributed by atoms with Crippen molar-refractivity contribution in [1.29, 1.82) is 0 Å². The van der Waals surface area contributed by atoms with Crippen molar-refractivity contribution in [2.75, 3.05) is 10.6 Å². The molecule has 1 aliphatic heterocycles. The number of fused-ring (bicyclic) bond motifs is 1. The van der Waals surface area contributed by atoms with Crippen LogP contribution in [0.1, 0.15) is 36.6 Å². The van der Waals surface area contributed by atoms with E-state index < -0.39 is 0 Å². The van der Waals surface area contributed by atoms with Crippen molar-refractivity contribution >= 4 is 41.0 Å². The predicted octanol–water partition coefficient (Wildman–Crippen LogP) is 4.69. The first kappa shape index (κ1) is 17.8. The molecule has 4 rings (SSSR count). The largest absolute Gasteiger partial charge is 0.347 e. The molecule has 0 unspecified atom stereocenters. The number of benzene rings is 2. The highest BCUT2D eigenvalue weighted by Gasteiger charge is 2.31. The molecule has 0 aliphatic carbocycles. The molecule has 1 aromatic heterocycles. The molecule has 2 aromatic carbocycles. The lowest BCUT2D eigenvalue weighted by Gasteiger charge is -2.31. The molecule has 3 aromatic rings. The van der Waals surface area contributed by atoms with Crippen LogP contribution in [0.5, 0.6) is 0 Å². The molecule has 0 saturated heterocycles. The van der Waals surface area contributed by atoms with Gasteiger partial charge in [0.2, 0.25) is 11.9 Å². The van der Waals surface area contributed by atoms with Crippen LogP contribution in [0.15, 0.2) is 48.5 Å². The monoisotopic (exact) mass is 401 g/mol. The van der Waals surface area contributed by atoms with E-state index in [9.17, 15) is 4.79 Å². The van der Waals surface area contributed by atoms with Crippen molar-refractivity contribution in [2.24, 2.45) is 0 Å². The lowest BCUT2D eigenvalue weighted by molar-refractivity contribution is -0.114. The minimum Gasteiger partial charge on any atom is -0.347 e. The Bertz CT molecular complexity index is 969. The number of nitrogens with one attached hydrogen (secondary N) is 2. The van der Waals surface area contributed by atoms with Crippen LogP contribution in [-0.4, -0.2) is 20.7 Å². The maximum Gasteiger partial charge on any atom is 0.250 e. The number of carbonyl (C=O) groups excluding carboxylic acids is 1. The van der Waals surface area contributed by atoms with Gasteiger partial charge in [-0.2, -0.15) is 4.98 Å². The van der Waals surface area contributed by atoms with Gasteiger partial charge >= 0.3 is 0 Å². The Morgan fingerprint density at radius 3 is 2.26 bits per heavy atom. The van der Waals surface area contributed by atoms with E-state index in [0.29, 0.717) is 16.0 Å². The lowest BCUT2D eigenvalue weighted by atomic mass is 9.93. The summed E-state index contributed by atoms with van der Waals surface area (Å²) in [5.41, 5.74) is 2.18. The Balaban J connectivity index is 1.74. The molecular weight excluding hydrogens is 385 g/mol. The Hall–Kier alpha value is -2.57. The first-order valence-corrected chi connectivity index (χ1v) is 9.27. The average molecular weight is 402 g/mol. The van der Waals surface area contributed by atoms with Crippen molar-refractivity contribution in [3.8, 4) is 0 Å². The van der Waals surface area contributed by atoms with Gasteiger partial charge in [0.1, 0.15) is 0 Å². The lowest BCUT2D eigenvalue weighted by Crippen LogP contribution is -2.28. The van der Waals surface area contributed by atoms with Crippen molar-refractivity contribution < 1.29 is 4.79 Å². The molecule has 0 fully saturated rings. The normalized spacial score (nSPS) is 18.5. The highest BCUT2D eigenvalue weighted by molar-refractivity contribution is 6.30. The third kappa shape index (κ3) is 3.77. The molecule has 6 nitrogen and oxygen atoms in total. The maximum absolute atomic E-state index is 11.4. The summed E-state index contributed by atoms with van der Waals surface area (Å²) < 4.78 is 1.81. The number of carbonyl (C=O) groups is 1. The summed E-state index contributed by atoms with van der Waals surface area (Å²) in [4.78, 5) is 15.8. The summed E-state index contributed by atoms with van der Waals surface area (Å²) in [7, 11) is 0. The second-order valence-corrected chi connectivity index (χ2v) is 7.31. The van der Waals surface area contributed by atoms with Crippen LogP contribution in [0.3, 0.4) is 0 Å². The second-order valence-electron chi connectivity index (χ2n) is 6.44. The van der Waals surface area contributed by atoms with Crippen molar-refractivity contribution in [3.05, 3.63) is 69.7 Å². The third-order valence-corrected chi connectivity index (χ3v) is 5.01. The molecule has 0 bridgehead atoms. The number of anilines is 2. The zero-order chi connectivity index (χ0) is 19.0. The number of aromatic nitrogens is 3. The molecule has 0 radical (unpaired) electrons. The molecule has 2 atom stereocenters. The second kappa shape index (κ2) is 7.21. The fourth-order valence-corrected chi connectivity index (χ4v) is 3.52. The Kier molecular flexibility index (Phi) is 4.76. The van der Waals surface area contributed by atoms with Crippen molar-refractivity contribution in [3.63, 3.8) is 0 Å². The van der Waals surface area contributed by atoms with Crippen LogP contribution in [0.25, 0.3) is 0 Å². The number of halogens is 2. The van der Waals surface area contributed by atoms with Crippen LogP contribution in [0.4, 0.5) is 11.9 Å². The fraction of sp³-hybridized carbons (Fsp3) is 0.211. The zero-order valence-corrected chi connectivity index (χ0v) is 16.0. The highest BCUT2D eigenvalue weighted by atomic mass is 35.5. The average Bonchev–Trinajstić information content (AvgIpc) is 3.03. The summed E-state index contributed by atoms with van der Waals surface area (Å²) in [6.45, 7) is 1.43. The van der Waals surface area contributed by atoms with Crippen LogP contribution in [-0.2, 0) is 4.79 Å². The number of amides is 1. The van der Waals surface area contributed by atoms with Gasteiger partial charge in [0.25, 0.3) is 5.95 Å². The summed E-state index contributed by atoms with van der Waals surface area (Å²) >= 11 is 12.1. The quantitative estimate of drug-likeness (QED) is 0.667. The number of hydrogen-bond donors (Lipinski definition) is 2. The molecule has 0 spiro atoms. The molecule has 1 amide bonds. The maximum atomic E-state index is 11.4. The zero-order valence-electron chi connectivity index (χ0n) is 14.5. The van der Waals surface area contributed by atoms with Gasteiger partial charge in [0, 0.05) is 17.0 Å². The number of rotatable bonds is 3. The van der Waals surface area contributed by atoms with Crippen LogP contribution < -0.4 is 10.6 Å². The molecule has 8 heteroatoms. The predicted molar refractivity (Wildman–Crippen MR) is 106 cm³/mol. The van der Waals surface area contributed by atoms with Gasteiger partial charge in [0.05, 0.1) is 12.1 Å². The highest BCUT2D eigenvalue weighted by Crippen LogP contribution is 2.38. The standard InChI is InChI=1S/C19H17Cl2N5O/c1-11(27)22-18-24-19-23-16(12-2-6-14(20)7-3-12)10-17(26(19)25-18)13-4-8-15(21)9-5-13/h2-9,16-17H,10H2,1H3,(H2,22,23,24,25,27)/t16-,17+/m0/s1. The van der Waals surface area contributed by atoms with Gasteiger partial charge in [-0.3, -0.25) is 10.1 Å². The third-order valence-electron chi connectivity index (χ3n) is 4.50. The topological polar surface area (TPSA) is 71.8 Å². The minimum absolute atomic E-state index is 0.0322. The summed E-state index contributed by atoms with van der Waals surface area (Å²) in [6.07, 6.45) is 0.763. The van der Waals surface area contributed by atoms with E-state index in [1.165, 1.54) is 6.92 Å². The van der Waals surface area contributed by atoms with Crippen molar-refractivity contribution in [1.82, 2.24) is 14.8 Å². The molecule has 27 heavy (non-hydrogen) atoms. The van der Waals surface area contributed by atoms with E-state index in [-0.39, 0.29) is 23.9 Å². The van der Waals surface area contributed by atoms with Gasteiger partial charge in [-0.15, -0.1) is 5.10 Å². The van der Waals surface area contributed by atoms with Crippen LogP contribution in [0.2, 0.25) is 10.0 Å². The van der Waals surface area contributed by atoms with E-state index >= 15 is 0 Å². The van der Waals surface area contributed by atoms with Gasteiger partial charge in [-0.05, 0) is 41.8 Å². The molecular formula is C19H17Cl2N5O. The molecule has 2 N–H and O–H groups in total. The number of nitrogens with zero attached hydrogens (tertiary/aromatic N) is 3. The van der Waals surface area contributed by atoms with E-state index in [0.717, 1.165) is 17.5 Å². The Labute approximate surface area is 166 Å². The molecule has 138 valence electrons. The first-order valence-electron chi connectivity index (χ1n) is 8.51. The smallest absolute Gasteiger partial charge is 0.250 e. The van der Waals surface area contributed by atoms with Gasteiger partial charge in [-0.1, -0.05) is 47.5 Å². The first-order chi connectivity index (χ1) is 13.0. The van der Waals surface area contributed by atoms with Gasteiger partial charge in [0.15, 0.2) is 0 Å². The van der Waals surface area contributed by atoms with E-state index in [2.05, 4.69) is 20.7 Å². The summed E-state index contributed by atoms with van der Waals surface area (Å²) in [6, 6.07) is 15.4. The SMILES string of the molecule is CC(=O)Nc1nc2n(n1)[C@@H](c1ccc(Cl)cc1)C[C@@H](c1ccc(Cl)cc1)N2. The fourth-order valence-electron chi connectivity index (χ4n) is 3.26. The van der Waals surface area contributed by atoms with Crippen LogP contribution in [0, 0.1) is 0 Å². The molecule has 2 heterocycles. The van der Waals surface area contributed by atoms with E-state index in [4.69, 9.17) is 23.2 Å². The van der Waals surface area contributed by atoms with Gasteiger partial charge in [-0.25, -0.2) is 4.68 Å². The number of hydrogen-bond acceptors (Lipinski definition) is 4. The van der Waals surface area contributed by atoms with Crippen molar-refractivity contribution in [2.45, 2.75) is 25.4 Å². The van der Waals surface area contributed by atoms with Crippen LogP contribution >= 0.6 is 23.2 Å². The minimum atomic E-state index is -0.213. The Morgan fingerprint density at radius 1 is 1.07 bits per heavy atom. The molecule has 1 aliphatic rings. The van der Waals surface area contributed by atoms with Gasteiger partial charge < -0.3 is 5.32 Å². The Morgan fingerprint density at radius 2 is 1.67 bits per heavy atom. The molecule has 0 saturated carbocycles. The summed E-state index contributed by atoms with van der Waals surface area (Å²) in [5, 5.41) is 11.9. The van der Waals surface area contributed by atoms with E-state index in [1.807, 2.05) is 48.5 Å².